The number of thiazole rings is 1. The van der Waals surface area contributed by atoms with Crippen LogP contribution in [-0.4, -0.2) is 30.1 Å². The summed E-state index contributed by atoms with van der Waals surface area (Å²) in [6, 6.07) is 0. The van der Waals surface area contributed by atoms with E-state index in [9.17, 15) is 4.79 Å². The van der Waals surface area contributed by atoms with Crippen LogP contribution in [0.4, 0.5) is 0 Å². The first kappa shape index (κ1) is 11.1. The summed E-state index contributed by atoms with van der Waals surface area (Å²) in [5, 5.41) is 1.14. The lowest BCUT2D eigenvalue weighted by molar-refractivity contribution is -0.0754. The number of carbonyl (C=O) groups excluding carboxylic acids is 1. The van der Waals surface area contributed by atoms with Gasteiger partial charge in [-0.1, -0.05) is 0 Å². The van der Waals surface area contributed by atoms with Crippen LogP contribution in [0.25, 0.3) is 0 Å². The Kier molecular flexibility index (Phi) is 3.84. The first-order valence-electron chi connectivity index (χ1n) is 3.20. The Morgan fingerprint density at radius 2 is 2.23 bits per heavy atom. The Labute approximate surface area is 96.1 Å². The van der Waals surface area contributed by atoms with Crippen molar-refractivity contribution in [1.82, 2.24) is 10.0 Å². The van der Waals surface area contributed by atoms with Crippen molar-refractivity contribution in [2.24, 2.45) is 0 Å². The average Bonchev–Trinajstić information content (AvgIpc) is 2.42. The fraction of sp³-hybridized carbons (Fsp3) is 0.333. The van der Waals surface area contributed by atoms with E-state index in [0.717, 1.165) is 5.06 Å². The van der Waals surface area contributed by atoms with Crippen molar-refractivity contribution in [2.75, 3.05) is 14.2 Å². The summed E-state index contributed by atoms with van der Waals surface area (Å²) in [5.41, 5.74) is 0. The van der Waals surface area contributed by atoms with Gasteiger partial charge in [0.1, 0.15) is 9.48 Å². The molecule has 0 aliphatic heterocycles. The molecule has 0 saturated carbocycles. The van der Waals surface area contributed by atoms with Gasteiger partial charge in [0.25, 0.3) is 5.91 Å². The molecule has 0 bridgehead atoms. The van der Waals surface area contributed by atoms with Crippen molar-refractivity contribution in [3.63, 3.8) is 0 Å². The second kappa shape index (κ2) is 4.50. The number of hydrogen-bond acceptors (Lipinski definition) is 4. The zero-order valence-electron chi connectivity index (χ0n) is 6.88. The Hall–Kier alpha value is 0.0200. The highest BCUT2D eigenvalue weighted by atomic mass is 79.9. The molecule has 0 saturated heterocycles. The van der Waals surface area contributed by atoms with Gasteiger partial charge in [-0.15, -0.1) is 11.3 Å². The van der Waals surface area contributed by atoms with Gasteiger partial charge in [-0.25, -0.2) is 10.0 Å². The quantitative estimate of drug-likeness (QED) is 0.782. The van der Waals surface area contributed by atoms with Crippen molar-refractivity contribution in [2.45, 2.75) is 0 Å². The third-order valence-electron chi connectivity index (χ3n) is 1.31. The lowest BCUT2D eigenvalue weighted by atomic mass is 10.5. The van der Waals surface area contributed by atoms with Crippen molar-refractivity contribution >= 4 is 49.1 Å². The molecule has 7 heteroatoms. The van der Waals surface area contributed by atoms with Crippen LogP contribution in [0.3, 0.4) is 0 Å². The van der Waals surface area contributed by atoms with E-state index in [2.05, 4.69) is 36.8 Å². The van der Waals surface area contributed by atoms with Gasteiger partial charge in [-0.3, -0.25) is 9.63 Å². The molecule has 0 unspecified atom stereocenters. The fourth-order valence-corrected chi connectivity index (χ4v) is 2.89. The van der Waals surface area contributed by atoms with Crippen LogP contribution in [0.15, 0.2) is 8.52 Å². The molecule has 0 atom stereocenters. The minimum absolute atomic E-state index is 0.224. The molecule has 0 N–H and O–H groups in total. The van der Waals surface area contributed by atoms with E-state index < -0.39 is 0 Å². The zero-order chi connectivity index (χ0) is 10.0. The van der Waals surface area contributed by atoms with E-state index in [0.29, 0.717) is 13.4 Å². The van der Waals surface area contributed by atoms with Gasteiger partial charge in [-0.05, 0) is 31.9 Å². The van der Waals surface area contributed by atoms with E-state index >= 15 is 0 Å². The predicted molar refractivity (Wildman–Crippen MR) is 56.6 cm³/mol. The van der Waals surface area contributed by atoms with Gasteiger partial charge in [0.2, 0.25) is 0 Å². The SMILES string of the molecule is CON(C)C(=O)c1sc(Br)nc1Br. The van der Waals surface area contributed by atoms with Crippen LogP contribution in [0.2, 0.25) is 0 Å². The van der Waals surface area contributed by atoms with Gasteiger partial charge in [0.15, 0.2) is 3.92 Å². The summed E-state index contributed by atoms with van der Waals surface area (Å²) in [7, 11) is 2.98. The topological polar surface area (TPSA) is 42.4 Å². The molecule has 13 heavy (non-hydrogen) atoms. The molecule has 1 aromatic heterocycles. The standard InChI is InChI=1S/C6H6Br2N2O2S/c1-10(12-2)5(11)3-4(7)9-6(8)13-3/h1-2H3. The molecular formula is C6H6Br2N2O2S. The molecule has 0 aromatic carbocycles. The van der Waals surface area contributed by atoms with Crippen LogP contribution in [0, 0.1) is 0 Å². The van der Waals surface area contributed by atoms with Gasteiger partial charge >= 0.3 is 0 Å². The van der Waals surface area contributed by atoms with Crippen molar-refractivity contribution in [3.8, 4) is 0 Å². The normalized spacial score (nSPS) is 10.2. The summed E-state index contributed by atoms with van der Waals surface area (Å²) < 4.78 is 1.19. The Morgan fingerprint density at radius 3 is 2.62 bits per heavy atom. The molecule has 1 rings (SSSR count). The Balaban J connectivity index is 2.94. The smallest absolute Gasteiger partial charge is 0.274 e. The first-order chi connectivity index (χ1) is 6.06. The van der Waals surface area contributed by atoms with E-state index in [1.165, 1.54) is 18.4 Å². The summed E-state index contributed by atoms with van der Waals surface area (Å²) >= 11 is 7.62. The fourth-order valence-electron chi connectivity index (χ4n) is 0.635. The maximum atomic E-state index is 11.5. The number of amides is 1. The number of halogens is 2. The molecule has 0 aliphatic rings. The summed E-state index contributed by atoms with van der Waals surface area (Å²) in [5.74, 6) is -0.224. The van der Waals surface area contributed by atoms with Crippen molar-refractivity contribution in [1.29, 1.82) is 0 Å². The van der Waals surface area contributed by atoms with E-state index in [1.54, 1.807) is 7.05 Å². The molecule has 1 amide bonds. The van der Waals surface area contributed by atoms with E-state index in [1.807, 2.05) is 0 Å². The number of rotatable bonds is 2. The highest BCUT2D eigenvalue weighted by Crippen LogP contribution is 2.28. The van der Waals surface area contributed by atoms with Crippen LogP contribution in [0.5, 0.6) is 0 Å². The molecule has 4 nitrogen and oxygen atoms in total. The van der Waals surface area contributed by atoms with Gasteiger partial charge < -0.3 is 0 Å². The monoisotopic (exact) mass is 328 g/mol. The Morgan fingerprint density at radius 1 is 1.62 bits per heavy atom. The number of carbonyl (C=O) groups is 1. The van der Waals surface area contributed by atoms with E-state index in [4.69, 9.17) is 4.84 Å². The van der Waals surface area contributed by atoms with Crippen LogP contribution >= 0.6 is 43.2 Å². The second-order valence-electron chi connectivity index (χ2n) is 2.07. The molecule has 72 valence electrons. The number of hydroxylamine groups is 2. The summed E-state index contributed by atoms with van der Waals surface area (Å²) in [6.07, 6.45) is 0. The Bertz CT molecular complexity index is 328. The summed E-state index contributed by atoms with van der Waals surface area (Å²) in [6.45, 7) is 0. The molecule has 0 spiro atoms. The molecular weight excluding hydrogens is 324 g/mol. The third-order valence-corrected chi connectivity index (χ3v) is 3.64. The summed E-state index contributed by atoms with van der Waals surface area (Å²) in [4.78, 5) is 20.8. The third kappa shape index (κ3) is 2.49. The predicted octanol–water partition coefficient (Wildman–Crippen LogP) is 2.30. The minimum atomic E-state index is -0.224. The number of aromatic nitrogens is 1. The molecule has 0 aliphatic carbocycles. The second-order valence-corrected chi connectivity index (χ2v) is 5.10. The molecule has 0 fully saturated rings. The molecule has 1 heterocycles. The molecule has 0 radical (unpaired) electrons. The average molecular weight is 330 g/mol. The number of hydrogen-bond donors (Lipinski definition) is 0. The highest BCUT2D eigenvalue weighted by Gasteiger charge is 2.19. The zero-order valence-corrected chi connectivity index (χ0v) is 10.9. The van der Waals surface area contributed by atoms with Crippen LogP contribution in [0.1, 0.15) is 9.67 Å². The van der Waals surface area contributed by atoms with E-state index in [-0.39, 0.29) is 5.91 Å². The van der Waals surface area contributed by atoms with Gasteiger partial charge in [-0.2, -0.15) is 0 Å². The van der Waals surface area contributed by atoms with Gasteiger partial charge in [0.05, 0.1) is 7.11 Å². The lowest BCUT2D eigenvalue weighted by Crippen LogP contribution is -2.24. The largest absolute Gasteiger partial charge is 0.290 e. The van der Waals surface area contributed by atoms with Gasteiger partial charge in [0, 0.05) is 7.05 Å². The van der Waals surface area contributed by atoms with Crippen molar-refractivity contribution in [3.05, 3.63) is 13.4 Å². The minimum Gasteiger partial charge on any atom is -0.274 e. The number of nitrogens with zero attached hydrogens (tertiary/aromatic N) is 2. The van der Waals surface area contributed by atoms with Crippen LogP contribution in [-0.2, 0) is 4.84 Å². The highest BCUT2D eigenvalue weighted by molar-refractivity contribution is 9.11. The first-order valence-corrected chi connectivity index (χ1v) is 5.60. The lowest BCUT2D eigenvalue weighted by Gasteiger charge is -2.11. The maximum absolute atomic E-state index is 11.5. The maximum Gasteiger partial charge on any atom is 0.290 e. The molecule has 1 aromatic rings. The van der Waals surface area contributed by atoms with Crippen LogP contribution < -0.4 is 0 Å². The van der Waals surface area contributed by atoms with Crippen molar-refractivity contribution < 1.29 is 9.63 Å².